The Balaban J connectivity index is 1.98. The van der Waals surface area contributed by atoms with E-state index in [0.717, 1.165) is 29.4 Å². The second-order valence-corrected chi connectivity index (χ2v) is 5.40. The van der Waals surface area contributed by atoms with Gasteiger partial charge in [-0.15, -0.1) is 0 Å². The van der Waals surface area contributed by atoms with Gasteiger partial charge in [-0.1, -0.05) is 36.9 Å². The molecule has 6 heteroatoms. The predicted octanol–water partition coefficient (Wildman–Crippen LogP) is 1.74. The van der Waals surface area contributed by atoms with E-state index >= 15 is 0 Å². The topological polar surface area (TPSA) is 82.1 Å². The first kappa shape index (κ1) is 13.6. The summed E-state index contributed by atoms with van der Waals surface area (Å²) in [6.45, 7) is 2.02. The van der Waals surface area contributed by atoms with Gasteiger partial charge in [0, 0.05) is 12.1 Å². The van der Waals surface area contributed by atoms with Crippen LogP contribution in [-0.2, 0) is 16.0 Å². The van der Waals surface area contributed by atoms with Gasteiger partial charge in [-0.05, 0) is 18.1 Å². The molecule has 100 valence electrons. The Morgan fingerprint density at radius 1 is 1.47 bits per heavy atom. The maximum atomic E-state index is 11.9. The lowest BCUT2D eigenvalue weighted by atomic mass is 10.1. The SMILES string of the molecule is CCc1ccccc1NC(=O)CC1SC(=N)NC1=O. The first-order chi connectivity index (χ1) is 9.10. The minimum atomic E-state index is -0.499. The molecule has 1 fully saturated rings. The van der Waals surface area contributed by atoms with Crippen LogP contribution in [0.3, 0.4) is 0 Å². The summed E-state index contributed by atoms with van der Waals surface area (Å²) in [5, 5.41) is 12.2. The maximum absolute atomic E-state index is 11.9. The standard InChI is InChI=1S/C13H15N3O2S/c1-2-8-5-3-4-6-9(8)15-11(17)7-10-12(18)16-13(14)19-10/h3-6,10H,2,7H2,1H3,(H,15,17)(H2,14,16,18). The monoisotopic (exact) mass is 277 g/mol. The minimum Gasteiger partial charge on any atom is -0.326 e. The molecule has 5 nitrogen and oxygen atoms in total. The number of anilines is 1. The van der Waals surface area contributed by atoms with Crippen molar-refractivity contribution in [2.24, 2.45) is 0 Å². The number of nitrogens with one attached hydrogen (secondary N) is 3. The third kappa shape index (κ3) is 3.35. The highest BCUT2D eigenvalue weighted by molar-refractivity contribution is 8.15. The summed E-state index contributed by atoms with van der Waals surface area (Å²) >= 11 is 1.08. The fourth-order valence-electron chi connectivity index (χ4n) is 1.87. The van der Waals surface area contributed by atoms with E-state index in [0.29, 0.717) is 0 Å². The van der Waals surface area contributed by atoms with Gasteiger partial charge in [0.05, 0.1) is 0 Å². The summed E-state index contributed by atoms with van der Waals surface area (Å²) in [6, 6.07) is 7.60. The zero-order valence-electron chi connectivity index (χ0n) is 10.5. The number of hydrogen-bond acceptors (Lipinski definition) is 4. The molecule has 2 rings (SSSR count). The fourth-order valence-corrected chi connectivity index (χ4v) is 2.72. The van der Waals surface area contributed by atoms with Crippen molar-refractivity contribution in [3.05, 3.63) is 29.8 Å². The first-order valence-corrected chi connectivity index (χ1v) is 6.92. The van der Waals surface area contributed by atoms with E-state index < -0.39 is 5.25 Å². The van der Waals surface area contributed by atoms with Crippen molar-refractivity contribution < 1.29 is 9.59 Å². The van der Waals surface area contributed by atoms with Crippen LogP contribution >= 0.6 is 11.8 Å². The highest BCUT2D eigenvalue weighted by Crippen LogP contribution is 2.22. The largest absolute Gasteiger partial charge is 0.326 e. The second-order valence-electron chi connectivity index (χ2n) is 4.19. The highest BCUT2D eigenvalue weighted by Gasteiger charge is 2.31. The minimum absolute atomic E-state index is 0.0803. The summed E-state index contributed by atoms with van der Waals surface area (Å²) in [7, 11) is 0. The van der Waals surface area contributed by atoms with Gasteiger partial charge in [-0.3, -0.25) is 15.0 Å². The van der Waals surface area contributed by atoms with Gasteiger partial charge >= 0.3 is 0 Å². The molecule has 1 aromatic rings. The van der Waals surface area contributed by atoms with Gasteiger partial charge in [0.1, 0.15) is 5.25 Å². The molecule has 19 heavy (non-hydrogen) atoms. The number of carbonyl (C=O) groups is 2. The Labute approximate surface area is 115 Å². The zero-order chi connectivity index (χ0) is 13.8. The molecule has 0 aromatic heterocycles. The Bertz CT molecular complexity index is 530. The molecule has 2 amide bonds. The molecular weight excluding hydrogens is 262 g/mol. The molecule has 1 heterocycles. The molecule has 1 atom stereocenters. The average molecular weight is 277 g/mol. The van der Waals surface area contributed by atoms with Crippen LogP contribution < -0.4 is 10.6 Å². The first-order valence-electron chi connectivity index (χ1n) is 6.04. The average Bonchev–Trinajstić information content (AvgIpc) is 2.68. The van der Waals surface area contributed by atoms with Crippen molar-refractivity contribution in [3.63, 3.8) is 0 Å². The molecule has 0 bridgehead atoms. The summed E-state index contributed by atoms with van der Waals surface area (Å²) in [5.41, 5.74) is 1.85. The van der Waals surface area contributed by atoms with Gasteiger partial charge in [0.15, 0.2) is 5.17 Å². The number of amidine groups is 1. The Morgan fingerprint density at radius 2 is 2.21 bits per heavy atom. The third-order valence-corrected chi connectivity index (χ3v) is 3.84. The van der Waals surface area contributed by atoms with Gasteiger partial charge < -0.3 is 10.6 Å². The van der Waals surface area contributed by atoms with Crippen LogP contribution in [0, 0.1) is 5.41 Å². The fraction of sp³-hybridized carbons (Fsp3) is 0.308. The summed E-state index contributed by atoms with van der Waals surface area (Å²) in [5.74, 6) is -0.475. The van der Waals surface area contributed by atoms with E-state index in [4.69, 9.17) is 5.41 Å². The lowest BCUT2D eigenvalue weighted by molar-refractivity contribution is -0.122. The molecule has 1 saturated heterocycles. The number of aryl methyl sites for hydroxylation is 1. The summed E-state index contributed by atoms with van der Waals surface area (Å²) < 4.78 is 0. The molecule has 1 aromatic carbocycles. The number of benzene rings is 1. The van der Waals surface area contributed by atoms with E-state index in [-0.39, 0.29) is 23.4 Å². The Hall–Kier alpha value is -1.82. The smallest absolute Gasteiger partial charge is 0.240 e. The lowest BCUT2D eigenvalue weighted by Gasteiger charge is -2.10. The molecule has 1 aliphatic heterocycles. The maximum Gasteiger partial charge on any atom is 0.240 e. The van der Waals surface area contributed by atoms with Crippen molar-refractivity contribution in [1.29, 1.82) is 5.41 Å². The molecule has 1 unspecified atom stereocenters. The second kappa shape index (κ2) is 5.88. The molecule has 0 radical (unpaired) electrons. The van der Waals surface area contributed by atoms with E-state index in [1.165, 1.54) is 0 Å². The molecule has 0 saturated carbocycles. The van der Waals surface area contributed by atoms with Crippen LogP contribution in [0.15, 0.2) is 24.3 Å². The molecular formula is C13H15N3O2S. The van der Waals surface area contributed by atoms with Gasteiger partial charge in [-0.25, -0.2) is 0 Å². The molecule has 0 spiro atoms. The number of thioether (sulfide) groups is 1. The molecule has 1 aliphatic rings. The van der Waals surface area contributed by atoms with Crippen LogP contribution in [-0.4, -0.2) is 22.2 Å². The lowest BCUT2D eigenvalue weighted by Crippen LogP contribution is -2.27. The number of carbonyl (C=O) groups excluding carboxylic acids is 2. The number of rotatable bonds is 4. The quantitative estimate of drug-likeness (QED) is 0.784. The van der Waals surface area contributed by atoms with Gasteiger partial charge in [0.2, 0.25) is 11.8 Å². The Morgan fingerprint density at radius 3 is 2.84 bits per heavy atom. The van der Waals surface area contributed by atoms with Crippen molar-refractivity contribution in [1.82, 2.24) is 5.32 Å². The van der Waals surface area contributed by atoms with Crippen LogP contribution in [0.5, 0.6) is 0 Å². The molecule has 3 N–H and O–H groups in total. The van der Waals surface area contributed by atoms with E-state index in [9.17, 15) is 9.59 Å². The van der Waals surface area contributed by atoms with Crippen LogP contribution in [0.25, 0.3) is 0 Å². The Kier molecular flexibility index (Phi) is 4.21. The van der Waals surface area contributed by atoms with Crippen molar-refractivity contribution in [3.8, 4) is 0 Å². The summed E-state index contributed by atoms with van der Waals surface area (Å²) in [4.78, 5) is 23.4. The van der Waals surface area contributed by atoms with Gasteiger partial charge in [0.25, 0.3) is 0 Å². The van der Waals surface area contributed by atoms with E-state index in [1.807, 2.05) is 31.2 Å². The highest BCUT2D eigenvalue weighted by atomic mass is 32.2. The zero-order valence-corrected chi connectivity index (χ0v) is 11.3. The number of hydrogen-bond donors (Lipinski definition) is 3. The number of para-hydroxylation sites is 1. The van der Waals surface area contributed by atoms with E-state index in [2.05, 4.69) is 10.6 Å². The normalized spacial score (nSPS) is 18.3. The van der Waals surface area contributed by atoms with Crippen molar-refractivity contribution in [2.75, 3.05) is 5.32 Å². The van der Waals surface area contributed by atoms with Crippen LogP contribution in [0.2, 0.25) is 0 Å². The van der Waals surface area contributed by atoms with Crippen LogP contribution in [0.1, 0.15) is 18.9 Å². The third-order valence-electron chi connectivity index (χ3n) is 2.83. The van der Waals surface area contributed by atoms with Crippen LogP contribution in [0.4, 0.5) is 5.69 Å². The van der Waals surface area contributed by atoms with Gasteiger partial charge in [-0.2, -0.15) is 0 Å². The molecule has 0 aliphatic carbocycles. The summed E-state index contributed by atoms with van der Waals surface area (Å²) in [6.07, 6.45) is 0.913. The van der Waals surface area contributed by atoms with Crippen molar-refractivity contribution in [2.45, 2.75) is 25.0 Å². The van der Waals surface area contributed by atoms with E-state index in [1.54, 1.807) is 0 Å². The van der Waals surface area contributed by atoms with Crippen molar-refractivity contribution >= 4 is 34.4 Å². The number of amides is 2. The predicted molar refractivity (Wildman–Crippen MR) is 76.3 cm³/mol.